The van der Waals surface area contributed by atoms with E-state index in [1.807, 2.05) is 67.5 Å². The van der Waals surface area contributed by atoms with Gasteiger partial charge in [0.1, 0.15) is 0 Å². The first kappa shape index (κ1) is 21.9. The number of benzene rings is 1. The van der Waals surface area contributed by atoms with Gasteiger partial charge in [-0.05, 0) is 37.1 Å². The highest BCUT2D eigenvalue weighted by molar-refractivity contribution is 5.89. The molecule has 0 amide bonds. The van der Waals surface area contributed by atoms with Crippen LogP contribution >= 0.6 is 0 Å². The van der Waals surface area contributed by atoms with E-state index in [1.54, 1.807) is 6.07 Å². The lowest BCUT2D eigenvalue weighted by molar-refractivity contribution is 0.0600. The topological polar surface area (TPSA) is 26.3 Å². The van der Waals surface area contributed by atoms with Crippen LogP contribution in [0.2, 0.25) is 0 Å². The van der Waals surface area contributed by atoms with Crippen molar-refractivity contribution < 1.29 is 9.53 Å². The highest BCUT2D eigenvalue weighted by atomic mass is 16.5. The zero-order valence-corrected chi connectivity index (χ0v) is 13.5. The van der Waals surface area contributed by atoms with Crippen molar-refractivity contribution in [3.05, 3.63) is 34.9 Å². The van der Waals surface area contributed by atoms with E-state index in [0.29, 0.717) is 5.56 Å². The molecule has 0 saturated carbocycles. The Morgan fingerprint density at radius 3 is 1.67 bits per heavy atom. The van der Waals surface area contributed by atoms with Crippen LogP contribution in [0.1, 0.15) is 63.0 Å². The van der Waals surface area contributed by atoms with Crippen LogP contribution in [0.5, 0.6) is 0 Å². The molecule has 0 unspecified atom stereocenters. The Balaban J connectivity index is -0.000000328. The molecule has 1 rings (SSSR count). The van der Waals surface area contributed by atoms with Gasteiger partial charge < -0.3 is 4.74 Å². The van der Waals surface area contributed by atoms with Gasteiger partial charge in [-0.25, -0.2) is 4.79 Å². The average molecular weight is 254 g/mol. The molecule has 0 aliphatic carbocycles. The first-order valence-corrected chi connectivity index (χ1v) is 6.80. The third kappa shape index (κ3) is 8.80. The summed E-state index contributed by atoms with van der Waals surface area (Å²) in [6, 6.07) is 5.52. The molecule has 18 heavy (non-hydrogen) atoms. The van der Waals surface area contributed by atoms with Crippen LogP contribution in [0.4, 0.5) is 0 Å². The summed E-state index contributed by atoms with van der Waals surface area (Å²) in [7, 11) is 1.39. The summed E-state index contributed by atoms with van der Waals surface area (Å²) in [4.78, 5) is 11.1. The van der Waals surface area contributed by atoms with Gasteiger partial charge in [-0.1, -0.05) is 47.6 Å². The second-order valence-electron chi connectivity index (χ2n) is 2.79. The Bertz CT molecular complexity index is 304. The lowest BCUT2D eigenvalue weighted by Crippen LogP contribution is -2.01. The van der Waals surface area contributed by atoms with Gasteiger partial charge in [0.25, 0.3) is 0 Å². The molecule has 2 heteroatoms. The predicted octanol–water partition coefficient (Wildman–Crippen LogP) is 5.17. The van der Waals surface area contributed by atoms with E-state index >= 15 is 0 Å². The van der Waals surface area contributed by atoms with Crippen LogP contribution < -0.4 is 0 Å². The van der Waals surface area contributed by atoms with Crippen molar-refractivity contribution in [2.75, 3.05) is 7.11 Å². The highest BCUT2D eigenvalue weighted by Gasteiger charge is 2.04. The quantitative estimate of drug-likeness (QED) is 0.646. The van der Waals surface area contributed by atoms with Crippen LogP contribution in [-0.2, 0) is 4.74 Å². The molecule has 0 N–H and O–H groups in total. The van der Waals surface area contributed by atoms with E-state index < -0.39 is 0 Å². The van der Waals surface area contributed by atoms with E-state index in [1.165, 1.54) is 12.7 Å². The third-order valence-electron chi connectivity index (χ3n) is 1.93. The lowest BCUT2D eigenvalue weighted by atomic mass is 10.1. The standard InChI is InChI=1S/C10H12O2.3C2H6/c1-7-4-5-9(6-8(7)2)10(11)12-3;3*1-2/h4-6H,1-3H3;3*1-2H3. The number of aryl methyl sites for hydroxylation is 2. The molecule has 0 bridgehead atoms. The number of esters is 1. The maximum absolute atomic E-state index is 11.1. The molecule has 0 radical (unpaired) electrons. The first-order chi connectivity index (χ1) is 8.65. The molecule has 0 aliphatic rings. The van der Waals surface area contributed by atoms with Crippen molar-refractivity contribution in [3.63, 3.8) is 0 Å². The summed E-state index contributed by atoms with van der Waals surface area (Å²) >= 11 is 0. The van der Waals surface area contributed by atoms with Crippen molar-refractivity contribution in [3.8, 4) is 0 Å². The molecule has 0 fully saturated rings. The zero-order chi connectivity index (χ0) is 15.1. The van der Waals surface area contributed by atoms with Gasteiger partial charge in [0, 0.05) is 0 Å². The van der Waals surface area contributed by atoms with E-state index in [9.17, 15) is 4.79 Å². The predicted molar refractivity (Wildman–Crippen MR) is 81.3 cm³/mol. The number of carbonyl (C=O) groups is 1. The number of methoxy groups -OCH3 is 1. The monoisotopic (exact) mass is 254 g/mol. The second-order valence-corrected chi connectivity index (χ2v) is 2.79. The fourth-order valence-electron chi connectivity index (χ4n) is 0.986. The largest absolute Gasteiger partial charge is 0.465 e. The van der Waals surface area contributed by atoms with Gasteiger partial charge in [-0.3, -0.25) is 0 Å². The molecule has 2 nitrogen and oxygen atoms in total. The van der Waals surface area contributed by atoms with Crippen LogP contribution in [0.25, 0.3) is 0 Å². The molecule has 0 aliphatic heterocycles. The normalized spacial score (nSPS) is 7.39. The Morgan fingerprint density at radius 1 is 0.889 bits per heavy atom. The van der Waals surface area contributed by atoms with E-state index in [4.69, 9.17) is 0 Å². The molecule has 1 aromatic rings. The van der Waals surface area contributed by atoms with Crippen LogP contribution in [0.15, 0.2) is 18.2 Å². The number of hydrogen-bond acceptors (Lipinski definition) is 2. The third-order valence-corrected chi connectivity index (χ3v) is 1.93. The number of rotatable bonds is 1. The summed E-state index contributed by atoms with van der Waals surface area (Å²) < 4.78 is 4.59. The summed E-state index contributed by atoms with van der Waals surface area (Å²) in [6.45, 7) is 16.0. The first-order valence-electron chi connectivity index (χ1n) is 6.80. The number of hydrogen-bond donors (Lipinski definition) is 0. The highest BCUT2D eigenvalue weighted by Crippen LogP contribution is 2.10. The van der Waals surface area contributed by atoms with Crippen LogP contribution in [0.3, 0.4) is 0 Å². The molecular weight excluding hydrogens is 224 g/mol. The van der Waals surface area contributed by atoms with Gasteiger partial charge in [-0.2, -0.15) is 0 Å². The molecule has 0 saturated heterocycles. The van der Waals surface area contributed by atoms with Gasteiger partial charge in [0.05, 0.1) is 12.7 Å². The molecule has 0 heterocycles. The fourth-order valence-corrected chi connectivity index (χ4v) is 0.986. The number of ether oxygens (including phenoxy) is 1. The minimum Gasteiger partial charge on any atom is -0.465 e. The van der Waals surface area contributed by atoms with Crippen molar-refractivity contribution >= 4 is 5.97 Å². The Labute approximate surface area is 113 Å². The van der Waals surface area contributed by atoms with Gasteiger partial charge in [0.15, 0.2) is 0 Å². The van der Waals surface area contributed by atoms with E-state index in [0.717, 1.165) is 5.56 Å². The average Bonchev–Trinajstić information content (AvgIpc) is 2.47. The molecule has 1 aromatic carbocycles. The summed E-state index contributed by atoms with van der Waals surface area (Å²) in [5.41, 5.74) is 2.90. The number of carbonyl (C=O) groups excluding carboxylic acids is 1. The molecule has 106 valence electrons. The molecular formula is C16H30O2. The van der Waals surface area contributed by atoms with E-state index in [-0.39, 0.29) is 5.97 Å². The van der Waals surface area contributed by atoms with Gasteiger partial charge >= 0.3 is 5.97 Å². The minimum absolute atomic E-state index is 0.280. The maximum atomic E-state index is 11.1. The van der Waals surface area contributed by atoms with Crippen LogP contribution in [-0.4, -0.2) is 13.1 Å². The van der Waals surface area contributed by atoms with Crippen molar-refractivity contribution in [1.82, 2.24) is 0 Å². The summed E-state index contributed by atoms with van der Waals surface area (Å²) in [6.07, 6.45) is 0. The Hall–Kier alpha value is -1.31. The molecule has 0 spiro atoms. The fraction of sp³-hybridized carbons (Fsp3) is 0.562. The van der Waals surface area contributed by atoms with Crippen molar-refractivity contribution in [2.45, 2.75) is 55.4 Å². The second kappa shape index (κ2) is 15.7. The van der Waals surface area contributed by atoms with Crippen LogP contribution in [0, 0.1) is 13.8 Å². The molecule has 0 aromatic heterocycles. The minimum atomic E-state index is -0.280. The Morgan fingerprint density at radius 2 is 1.33 bits per heavy atom. The van der Waals surface area contributed by atoms with Gasteiger partial charge in [0.2, 0.25) is 0 Å². The lowest BCUT2D eigenvalue weighted by Gasteiger charge is -2.02. The summed E-state index contributed by atoms with van der Waals surface area (Å²) in [5.74, 6) is -0.280. The maximum Gasteiger partial charge on any atom is 0.337 e. The van der Waals surface area contributed by atoms with Gasteiger partial charge in [-0.15, -0.1) is 0 Å². The Kier molecular flexibility index (Phi) is 19.1. The van der Waals surface area contributed by atoms with E-state index in [2.05, 4.69) is 4.74 Å². The SMILES string of the molecule is CC.CC.CC.COC(=O)c1ccc(C)c(C)c1. The van der Waals surface area contributed by atoms with Crippen molar-refractivity contribution in [2.24, 2.45) is 0 Å². The molecule has 0 atom stereocenters. The summed E-state index contributed by atoms with van der Waals surface area (Å²) in [5, 5.41) is 0. The smallest absolute Gasteiger partial charge is 0.337 e. The zero-order valence-electron chi connectivity index (χ0n) is 13.5. The van der Waals surface area contributed by atoms with Crippen molar-refractivity contribution in [1.29, 1.82) is 0 Å².